The third-order valence-electron chi connectivity index (χ3n) is 4.31. The number of fused-ring (bicyclic) bond motifs is 1. The molecule has 5 heteroatoms. The minimum absolute atomic E-state index is 0.0409. The van der Waals surface area contributed by atoms with Crippen LogP contribution in [0.3, 0.4) is 0 Å². The van der Waals surface area contributed by atoms with Gasteiger partial charge in [-0.1, -0.05) is 12.8 Å². The first-order chi connectivity index (χ1) is 10.8. The Morgan fingerprint density at radius 1 is 1.27 bits per heavy atom. The van der Waals surface area contributed by atoms with Gasteiger partial charge in [0.2, 0.25) is 0 Å². The number of carbonyl (C=O) groups excluding carboxylic acids is 1. The van der Waals surface area contributed by atoms with E-state index < -0.39 is 0 Å². The number of pyridine rings is 1. The van der Waals surface area contributed by atoms with E-state index in [1.807, 2.05) is 12.1 Å². The second-order valence-electron chi connectivity index (χ2n) is 5.97. The average Bonchev–Trinajstić information content (AvgIpc) is 2.80. The summed E-state index contributed by atoms with van der Waals surface area (Å²) in [6.45, 7) is 4.21. The van der Waals surface area contributed by atoms with Crippen molar-refractivity contribution in [3.8, 4) is 0 Å². The zero-order valence-corrected chi connectivity index (χ0v) is 13.0. The highest BCUT2D eigenvalue weighted by molar-refractivity contribution is 6.05. The van der Waals surface area contributed by atoms with Gasteiger partial charge < -0.3 is 15.2 Å². The molecule has 2 N–H and O–H groups in total. The molecule has 1 aliphatic heterocycles. The number of hydrogen-bond acceptors (Lipinski definition) is 3. The summed E-state index contributed by atoms with van der Waals surface area (Å²) in [5, 5.41) is 3.01. The highest BCUT2D eigenvalue weighted by Crippen LogP contribution is 2.14. The molecule has 1 fully saturated rings. The van der Waals surface area contributed by atoms with E-state index in [0.717, 1.165) is 30.5 Å². The Bertz CT molecular complexity index is 614. The van der Waals surface area contributed by atoms with Gasteiger partial charge >= 0.3 is 0 Å². The molecule has 1 amide bonds. The molecular weight excluding hydrogens is 276 g/mol. The van der Waals surface area contributed by atoms with Crippen LogP contribution in [0.5, 0.6) is 0 Å². The van der Waals surface area contributed by atoms with E-state index in [0.29, 0.717) is 5.56 Å². The minimum Gasteiger partial charge on any atom is -0.359 e. The number of nitrogens with zero attached hydrogens (tertiary/aromatic N) is 2. The number of likely N-dealkylation sites (tertiary alicyclic amines) is 1. The van der Waals surface area contributed by atoms with Gasteiger partial charge in [-0.15, -0.1) is 0 Å². The molecule has 1 saturated heterocycles. The Morgan fingerprint density at radius 3 is 2.91 bits per heavy atom. The van der Waals surface area contributed by atoms with Gasteiger partial charge in [0.15, 0.2) is 0 Å². The SMILES string of the molecule is O=C(NCCCN1CCCCCC1)c1c[nH]c2cccnc12. The fourth-order valence-corrected chi connectivity index (χ4v) is 3.09. The Morgan fingerprint density at radius 2 is 2.09 bits per heavy atom. The van der Waals surface area contributed by atoms with Crippen LogP contribution in [-0.2, 0) is 0 Å². The Kier molecular flexibility index (Phi) is 5.06. The topological polar surface area (TPSA) is 61.0 Å². The van der Waals surface area contributed by atoms with E-state index in [2.05, 4.69) is 20.2 Å². The monoisotopic (exact) mass is 300 g/mol. The lowest BCUT2D eigenvalue weighted by Gasteiger charge is -2.19. The summed E-state index contributed by atoms with van der Waals surface area (Å²) >= 11 is 0. The first-order valence-electron chi connectivity index (χ1n) is 8.27. The molecule has 5 nitrogen and oxygen atoms in total. The van der Waals surface area contributed by atoms with Gasteiger partial charge in [0.05, 0.1) is 11.1 Å². The van der Waals surface area contributed by atoms with Crippen molar-refractivity contribution in [2.45, 2.75) is 32.1 Å². The highest BCUT2D eigenvalue weighted by Gasteiger charge is 2.13. The lowest BCUT2D eigenvalue weighted by Crippen LogP contribution is -2.30. The summed E-state index contributed by atoms with van der Waals surface area (Å²) in [5.41, 5.74) is 2.27. The van der Waals surface area contributed by atoms with Crippen LogP contribution >= 0.6 is 0 Å². The summed E-state index contributed by atoms with van der Waals surface area (Å²) in [5.74, 6) is -0.0409. The summed E-state index contributed by atoms with van der Waals surface area (Å²) in [6, 6.07) is 3.79. The van der Waals surface area contributed by atoms with E-state index in [9.17, 15) is 4.79 Å². The average molecular weight is 300 g/mol. The van der Waals surface area contributed by atoms with Gasteiger partial charge in [0.25, 0.3) is 5.91 Å². The second kappa shape index (κ2) is 7.40. The molecular formula is C17H24N4O. The number of aromatic amines is 1. The number of nitrogens with one attached hydrogen (secondary N) is 2. The maximum Gasteiger partial charge on any atom is 0.255 e. The molecule has 0 spiro atoms. The van der Waals surface area contributed by atoms with Crippen molar-refractivity contribution in [1.82, 2.24) is 20.2 Å². The number of H-pyrrole nitrogens is 1. The van der Waals surface area contributed by atoms with Crippen molar-refractivity contribution in [3.63, 3.8) is 0 Å². The first-order valence-corrected chi connectivity index (χ1v) is 8.27. The molecule has 1 aliphatic rings. The lowest BCUT2D eigenvalue weighted by atomic mass is 10.2. The molecule has 22 heavy (non-hydrogen) atoms. The number of amides is 1. The van der Waals surface area contributed by atoms with Crippen molar-refractivity contribution in [1.29, 1.82) is 0 Å². The zero-order valence-electron chi connectivity index (χ0n) is 13.0. The van der Waals surface area contributed by atoms with E-state index >= 15 is 0 Å². The normalized spacial score (nSPS) is 16.5. The first kappa shape index (κ1) is 15.0. The maximum absolute atomic E-state index is 12.2. The number of aromatic nitrogens is 2. The molecule has 0 bridgehead atoms. The van der Waals surface area contributed by atoms with Crippen LogP contribution in [-0.4, -0.2) is 47.0 Å². The van der Waals surface area contributed by atoms with Crippen LogP contribution in [0.25, 0.3) is 11.0 Å². The molecule has 2 aromatic heterocycles. The van der Waals surface area contributed by atoms with Gasteiger partial charge in [-0.05, 0) is 51.0 Å². The van der Waals surface area contributed by atoms with Gasteiger partial charge in [-0.25, -0.2) is 0 Å². The van der Waals surface area contributed by atoms with Crippen LogP contribution < -0.4 is 5.32 Å². The van der Waals surface area contributed by atoms with Crippen molar-refractivity contribution in [3.05, 3.63) is 30.1 Å². The minimum atomic E-state index is -0.0409. The van der Waals surface area contributed by atoms with Gasteiger partial charge in [-0.2, -0.15) is 0 Å². The Balaban J connectivity index is 1.46. The molecule has 0 aliphatic carbocycles. The third kappa shape index (κ3) is 3.65. The summed E-state index contributed by atoms with van der Waals surface area (Å²) in [4.78, 5) is 22.1. The second-order valence-corrected chi connectivity index (χ2v) is 5.97. The standard InChI is InChI=1S/C17H24N4O/c22-17(14-13-20-15-7-5-8-18-16(14)15)19-9-6-12-21-10-3-1-2-4-11-21/h5,7-8,13,20H,1-4,6,9-12H2,(H,19,22). The van der Waals surface area contributed by atoms with E-state index in [1.54, 1.807) is 12.4 Å². The zero-order chi connectivity index (χ0) is 15.2. The van der Waals surface area contributed by atoms with Gasteiger partial charge in [-0.3, -0.25) is 9.78 Å². The Hall–Kier alpha value is -1.88. The van der Waals surface area contributed by atoms with Crippen molar-refractivity contribution in [2.75, 3.05) is 26.2 Å². The molecule has 0 atom stereocenters. The van der Waals surface area contributed by atoms with Crippen LogP contribution in [0.15, 0.2) is 24.5 Å². The molecule has 3 heterocycles. The summed E-state index contributed by atoms with van der Waals surface area (Å²) in [7, 11) is 0. The summed E-state index contributed by atoms with van der Waals surface area (Å²) < 4.78 is 0. The third-order valence-corrected chi connectivity index (χ3v) is 4.31. The lowest BCUT2D eigenvalue weighted by molar-refractivity contribution is 0.0953. The smallest absolute Gasteiger partial charge is 0.255 e. The largest absolute Gasteiger partial charge is 0.359 e. The molecule has 0 unspecified atom stereocenters. The highest BCUT2D eigenvalue weighted by atomic mass is 16.1. The van der Waals surface area contributed by atoms with Crippen LogP contribution in [0.2, 0.25) is 0 Å². The fourth-order valence-electron chi connectivity index (χ4n) is 3.09. The molecule has 2 aromatic rings. The fraction of sp³-hybridized carbons (Fsp3) is 0.529. The van der Waals surface area contributed by atoms with Crippen molar-refractivity contribution >= 4 is 16.9 Å². The van der Waals surface area contributed by atoms with Crippen LogP contribution in [0, 0.1) is 0 Å². The van der Waals surface area contributed by atoms with Crippen LogP contribution in [0.1, 0.15) is 42.5 Å². The predicted octanol–water partition coefficient (Wildman–Crippen LogP) is 2.56. The van der Waals surface area contributed by atoms with Crippen LogP contribution in [0.4, 0.5) is 0 Å². The van der Waals surface area contributed by atoms with Gasteiger partial charge in [0, 0.05) is 18.9 Å². The molecule has 0 saturated carbocycles. The molecule has 3 rings (SSSR count). The van der Waals surface area contributed by atoms with E-state index in [-0.39, 0.29) is 5.91 Å². The van der Waals surface area contributed by atoms with E-state index in [1.165, 1.54) is 38.8 Å². The van der Waals surface area contributed by atoms with Crippen molar-refractivity contribution < 1.29 is 4.79 Å². The molecule has 0 aromatic carbocycles. The number of rotatable bonds is 5. The number of hydrogen-bond donors (Lipinski definition) is 2. The summed E-state index contributed by atoms with van der Waals surface area (Å²) in [6.07, 6.45) is 9.80. The number of carbonyl (C=O) groups is 1. The predicted molar refractivity (Wildman–Crippen MR) is 88.0 cm³/mol. The quantitative estimate of drug-likeness (QED) is 0.834. The Labute approximate surface area is 131 Å². The maximum atomic E-state index is 12.2. The van der Waals surface area contributed by atoms with Crippen molar-refractivity contribution in [2.24, 2.45) is 0 Å². The molecule has 118 valence electrons. The molecule has 0 radical (unpaired) electrons. The van der Waals surface area contributed by atoms with E-state index in [4.69, 9.17) is 0 Å². The van der Waals surface area contributed by atoms with Gasteiger partial charge in [0.1, 0.15) is 5.52 Å².